The van der Waals surface area contributed by atoms with Gasteiger partial charge in [0.05, 0.1) is 5.69 Å². The zero-order chi connectivity index (χ0) is 16.8. The van der Waals surface area contributed by atoms with E-state index in [0.29, 0.717) is 12.1 Å². The molecule has 1 saturated heterocycles. The van der Waals surface area contributed by atoms with Crippen LogP contribution in [0.3, 0.4) is 0 Å². The molecule has 1 aromatic heterocycles. The number of aromatic nitrogens is 1. The predicted molar refractivity (Wildman–Crippen MR) is 97.7 cm³/mol. The molecule has 0 saturated carbocycles. The van der Waals surface area contributed by atoms with Gasteiger partial charge in [0.1, 0.15) is 0 Å². The zero-order valence-electron chi connectivity index (χ0n) is 15.6. The summed E-state index contributed by atoms with van der Waals surface area (Å²) in [5.41, 5.74) is 2.30. The van der Waals surface area contributed by atoms with Crippen molar-refractivity contribution >= 4 is 0 Å². The lowest BCUT2D eigenvalue weighted by molar-refractivity contribution is 0.169. The molecule has 1 aromatic rings. The minimum absolute atomic E-state index is 0.612. The van der Waals surface area contributed by atoms with E-state index in [1.54, 1.807) is 0 Å². The van der Waals surface area contributed by atoms with Crippen LogP contribution >= 0.6 is 0 Å². The quantitative estimate of drug-likeness (QED) is 0.851. The van der Waals surface area contributed by atoms with Gasteiger partial charge in [-0.25, -0.2) is 0 Å². The van der Waals surface area contributed by atoms with Gasteiger partial charge in [0.25, 0.3) is 0 Å². The van der Waals surface area contributed by atoms with E-state index in [1.165, 1.54) is 18.8 Å². The van der Waals surface area contributed by atoms with Crippen LogP contribution < -0.4 is 0 Å². The van der Waals surface area contributed by atoms with Gasteiger partial charge in [-0.15, -0.1) is 0 Å². The van der Waals surface area contributed by atoms with Gasteiger partial charge in [-0.05, 0) is 46.8 Å². The molecule has 0 bridgehead atoms. The molecule has 130 valence electrons. The molecule has 1 aliphatic heterocycles. The Morgan fingerprint density at radius 2 is 1.39 bits per heavy atom. The minimum atomic E-state index is 0.612. The van der Waals surface area contributed by atoms with Crippen LogP contribution in [-0.4, -0.2) is 71.0 Å². The van der Waals surface area contributed by atoms with Gasteiger partial charge in [0, 0.05) is 63.6 Å². The molecule has 0 atom stereocenters. The fraction of sp³-hybridized carbons (Fsp3) is 0.737. The molecule has 1 fully saturated rings. The van der Waals surface area contributed by atoms with Gasteiger partial charge in [-0.2, -0.15) is 0 Å². The van der Waals surface area contributed by atoms with Crippen molar-refractivity contribution in [3.63, 3.8) is 0 Å². The van der Waals surface area contributed by atoms with E-state index in [-0.39, 0.29) is 0 Å². The standard InChI is InChI=1S/C19H34N4/c1-16(2)22-11-9-21(10-12-23(14-13-22)17(3)4)15-19-8-6-7-18(5)20-19/h6-8,16-17H,9-15H2,1-5H3. The maximum Gasteiger partial charge on any atom is 0.0547 e. The van der Waals surface area contributed by atoms with Crippen molar-refractivity contribution in [3.8, 4) is 0 Å². The molecule has 0 N–H and O–H groups in total. The Balaban J connectivity index is 2.05. The van der Waals surface area contributed by atoms with Crippen LogP contribution in [0.15, 0.2) is 18.2 Å². The van der Waals surface area contributed by atoms with Crippen LogP contribution in [0.4, 0.5) is 0 Å². The summed E-state index contributed by atoms with van der Waals surface area (Å²) < 4.78 is 0. The van der Waals surface area contributed by atoms with Crippen LogP contribution in [-0.2, 0) is 6.54 Å². The fourth-order valence-corrected chi connectivity index (χ4v) is 3.24. The summed E-state index contributed by atoms with van der Waals surface area (Å²) in [7, 11) is 0. The van der Waals surface area contributed by atoms with Gasteiger partial charge in [-0.3, -0.25) is 19.7 Å². The van der Waals surface area contributed by atoms with Crippen LogP contribution in [0.25, 0.3) is 0 Å². The number of nitrogens with zero attached hydrogens (tertiary/aromatic N) is 4. The Morgan fingerprint density at radius 1 is 0.870 bits per heavy atom. The highest BCUT2D eigenvalue weighted by Gasteiger charge is 2.19. The number of hydrogen-bond acceptors (Lipinski definition) is 4. The molecular formula is C19H34N4. The van der Waals surface area contributed by atoms with Crippen LogP contribution in [0.1, 0.15) is 39.1 Å². The maximum atomic E-state index is 4.68. The summed E-state index contributed by atoms with van der Waals surface area (Å²) in [5.74, 6) is 0. The Hall–Kier alpha value is -0.970. The Morgan fingerprint density at radius 3 is 1.87 bits per heavy atom. The summed E-state index contributed by atoms with van der Waals surface area (Å²) in [5, 5.41) is 0. The summed E-state index contributed by atoms with van der Waals surface area (Å²) in [4.78, 5) is 12.5. The van der Waals surface area contributed by atoms with Gasteiger partial charge in [0.15, 0.2) is 0 Å². The highest BCUT2D eigenvalue weighted by Crippen LogP contribution is 2.09. The Bertz CT molecular complexity index is 452. The third kappa shape index (κ3) is 5.87. The molecule has 4 nitrogen and oxygen atoms in total. The number of rotatable bonds is 4. The third-order valence-corrected chi connectivity index (χ3v) is 4.87. The normalized spacial score (nSPS) is 19.8. The molecule has 2 heterocycles. The van der Waals surface area contributed by atoms with Crippen molar-refractivity contribution in [1.82, 2.24) is 19.7 Å². The first kappa shape index (κ1) is 18.4. The van der Waals surface area contributed by atoms with E-state index in [0.717, 1.165) is 38.4 Å². The first-order valence-corrected chi connectivity index (χ1v) is 9.08. The smallest absolute Gasteiger partial charge is 0.0547 e. The summed E-state index contributed by atoms with van der Waals surface area (Å²) in [6, 6.07) is 7.57. The van der Waals surface area contributed by atoms with Gasteiger partial charge >= 0.3 is 0 Å². The first-order chi connectivity index (χ1) is 11.0. The number of hydrogen-bond donors (Lipinski definition) is 0. The van der Waals surface area contributed by atoms with Crippen molar-refractivity contribution in [3.05, 3.63) is 29.6 Å². The van der Waals surface area contributed by atoms with Crippen molar-refractivity contribution in [2.75, 3.05) is 39.3 Å². The van der Waals surface area contributed by atoms with Crippen LogP contribution in [0.2, 0.25) is 0 Å². The molecule has 2 rings (SSSR count). The molecule has 4 heteroatoms. The maximum absolute atomic E-state index is 4.68. The summed E-state index contributed by atoms with van der Waals surface area (Å²) in [6.07, 6.45) is 0. The zero-order valence-corrected chi connectivity index (χ0v) is 15.6. The topological polar surface area (TPSA) is 22.6 Å². The molecular weight excluding hydrogens is 284 g/mol. The number of pyridine rings is 1. The molecule has 0 aromatic carbocycles. The summed E-state index contributed by atoms with van der Waals surface area (Å²) >= 11 is 0. The van der Waals surface area contributed by atoms with Gasteiger partial charge in [-0.1, -0.05) is 6.07 Å². The lowest BCUT2D eigenvalue weighted by Crippen LogP contribution is -2.41. The van der Waals surface area contributed by atoms with Crippen molar-refractivity contribution < 1.29 is 0 Å². The van der Waals surface area contributed by atoms with E-state index < -0.39 is 0 Å². The monoisotopic (exact) mass is 318 g/mol. The molecule has 1 aliphatic rings. The second kappa shape index (κ2) is 8.76. The van der Waals surface area contributed by atoms with Crippen molar-refractivity contribution in [2.45, 2.75) is 53.2 Å². The first-order valence-electron chi connectivity index (χ1n) is 9.08. The second-order valence-corrected chi connectivity index (χ2v) is 7.31. The molecule has 0 radical (unpaired) electrons. The molecule has 23 heavy (non-hydrogen) atoms. The van der Waals surface area contributed by atoms with Gasteiger partial charge in [0.2, 0.25) is 0 Å². The van der Waals surface area contributed by atoms with Crippen LogP contribution in [0.5, 0.6) is 0 Å². The summed E-state index contributed by atoms with van der Waals surface area (Å²) in [6.45, 7) is 19.2. The van der Waals surface area contributed by atoms with Crippen molar-refractivity contribution in [2.24, 2.45) is 0 Å². The average molecular weight is 319 g/mol. The van der Waals surface area contributed by atoms with E-state index in [1.807, 2.05) is 0 Å². The molecule has 0 aliphatic carbocycles. The third-order valence-electron chi connectivity index (χ3n) is 4.87. The number of aryl methyl sites for hydroxylation is 1. The van der Waals surface area contributed by atoms with E-state index in [2.05, 4.69) is 72.5 Å². The molecule has 0 amide bonds. The SMILES string of the molecule is Cc1cccc(CN2CCN(C(C)C)CCN(C(C)C)CC2)n1. The van der Waals surface area contributed by atoms with E-state index in [9.17, 15) is 0 Å². The van der Waals surface area contributed by atoms with E-state index in [4.69, 9.17) is 0 Å². The lowest BCUT2D eigenvalue weighted by Gasteiger charge is -2.30. The van der Waals surface area contributed by atoms with Crippen molar-refractivity contribution in [1.29, 1.82) is 0 Å². The highest BCUT2D eigenvalue weighted by atomic mass is 15.3. The Labute approximate surface area is 142 Å². The fourth-order valence-electron chi connectivity index (χ4n) is 3.24. The Kier molecular flexibility index (Phi) is 7.00. The lowest BCUT2D eigenvalue weighted by atomic mass is 10.2. The largest absolute Gasteiger partial charge is 0.298 e. The van der Waals surface area contributed by atoms with E-state index >= 15 is 0 Å². The molecule has 0 spiro atoms. The average Bonchev–Trinajstić information content (AvgIpc) is 2.58. The highest BCUT2D eigenvalue weighted by molar-refractivity contribution is 5.09. The van der Waals surface area contributed by atoms with Crippen LogP contribution in [0, 0.1) is 6.92 Å². The predicted octanol–water partition coefficient (Wildman–Crippen LogP) is 2.63. The van der Waals surface area contributed by atoms with Gasteiger partial charge < -0.3 is 0 Å². The minimum Gasteiger partial charge on any atom is -0.298 e. The second-order valence-electron chi connectivity index (χ2n) is 7.31. The molecule has 0 unspecified atom stereocenters.